The third-order valence-corrected chi connectivity index (χ3v) is 5.17. The van der Waals surface area contributed by atoms with Crippen LogP contribution in [-0.2, 0) is 15.6 Å². The lowest BCUT2D eigenvalue weighted by Gasteiger charge is -2.22. The van der Waals surface area contributed by atoms with E-state index in [0.29, 0.717) is 18.5 Å². The Morgan fingerprint density at radius 3 is 2.88 bits per heavy atom. The van der Waals surface area contributed by atoms with Gasteiger partial charge in [-0.05, 0) is 37.1 Å². The minimum atomic E-state index is -3.18. The Balaban J connectivity index is 2.11. The number of halogens is 1. The minimum Gasteiger partial charge on any atom is -0.315 e. The molecule has 1 aliphatic heterocycles. The molecule has 1 heterocycles. The van der Waals surface area contributed by atoms with Gasteiger partial charge in [-0.15, -0.1) is 0 Å². The number of piperidine rings is 1. The molecule has 0 amide bonds. The van der Waals surface area contributed by atoms with E-state index < -0.39 is 9.84 Å². The Hall–Kier alpha value is -0.940. The highest BCUT2D eigenvalue weighted by Crippen LogP contribution is 2.17. The van der Waals surface area contributed by atoms with Gasteiger partial charge in [0, 0.05) is 6.54 Å². The molecule has 0 spiro atoms. The second kappa shape index (κ2) is 5.14. The molecule has 17 heavy (non-hydrogen) atoms. The molecule has 1 atom stereocenters. The van der Waals surface area contributed by atoms with Crippen LogP contribution in [0, 0.1) is 5.82 Å². The normalized spacial score (nSPS) is 21.4. The van der Waals surface area contributed by atoms with E-state index in [9.17, 15) is 12.8 Å². The van der Waals surface area contributed by atoms with Crippen LogP contribution in [0.3, 0.4) is 0 Å². The molecule has 1 aromatic rings. The first-order valence-electron chi connectivity index (χ1n) is 5.75. The molecule has 1 unspecified atom stereocenters. The van der Waals surface area contributed by atoms with Gasteiger partial charge in [0.15, 0.2) is 9.84 Å². The van der Waals surface area contributed by atoms with Gasteiger partial charge in [-0.1, -0.05) is 12.1 Å². The van der Waals surface area contributed by atoms with E-state index in [0.717, 1.165) is 13.0 Å². The number of hydrogen-bond acceptors (Lipinski definition) is 3. The Bertz CT molecular complexity index is 481. The van der Waals surface area contributed by atoms with Crippen molar-refractivity contribution in [2.45, 2.75) is 23.8 Å². The molecular weight excluding hydrogens is 241 g/mol. The fourth-order valence-electron chi connectivity index (χ4n) is 2.10. The predicted octanol–water partition coefficient (Wildman–Crippen LogP) is 1.49. The Kier molecular flexibility index (Phi) is 3.79. The van der Waals surface area contributed by atoms with Gasteiger partial charge in [0.05, 0.1) is 11.0 Å². The highest BCUT2D eigenvalue weighted by molar-refractivity contribution is 7.91. The van der Waals surface area contributed by atoms with Gasteiger partial charge in [0.2, 0.25) is 0 Å². The van der Waals surface area contributed by atoms with Gasteiger partial charge in [-0.2, -0.15) is 0 Å². The Morgan fingerprint density at radius 1 is 1.41 bits per heavy atom. The van der Waals surface area contributed by atoms with Crippen molar-refractivity contribution in [1.29, 1.82) is 0 Å². The Morgan fingerprint density at radius 2 is 2.24 bits per heavy atom. The zero-order valence-electron chi connectivity index (χ0n) is 9.52. The van der Waals surface area contributed by atoms with Crippen molar-refractivity contribution in [3.8, 4) is 0 Å². The maximum atomic E-state index is 13.0. The fraction of sp³-hybridized carbons (Fsp3) is 0.500. The van der Waals surface area contributed by atoms with E-state index in [2.05, 4.69) is 5.32 Å². The first kappa shape index (κ1) is 12.5. The van der Waals surface area contributed by atoms with Gasteiger partial charge in [-0.3, -0.25) is 0 Å². The van der Waals surface area contributed by atoms with Crippen LogP contribution in [0.15, 0.2) is 24.3 Å². The van der Waals surface area contributed by atoms with Crippen molar-refractivity contribution in [3.63, 3.8) is 0 Å². The summed E-state index contributed by atoms with van der Waals surface area (Å²) < 4.78 is 37.2. The molecule has 1 aliphatic rings. The molecule has 1 N–H and O–H groups in total. The van der Waals surface area contributed by atoms with Crippen molar-refractivity contribution in [3.05, 3.63) is 35.6 Å². The SMILES string of the molecule is O=S(=O)(Cc1cccc(F)c1)C1CCCNC1. The lowest BCUT2D eigenvalue weighted by Crippen LogP contribution is -2.39. The molecule has 94 valence electrons. The van der Waals surface area contributed by atoms with Crippen LogP contribution in [0.2, 0.25) is 0 Å². The van der Waals surface area contributed by atoms with Crippen LogP contribution < -0.4 is 5.32 Å². The van der Waals surface area contributed by atoms with Crippen LogP contribution in [0.1, 0.15) is 18.4 Å². The van der Waals surface area contributed by atoms with Crippen LogP contribution >= 0.6 is 0 Å². The summed E-state index contributed by atoms with van der Waals surface area (Å²) in [5.74, 6) is -0.462. The minimum absolute atomic E-state index is 0.0723. The molecule has 0 radical (unpaired) electrons. The van der Waals surface area contributed by atoms with E-state index >= 15 is 0 Å². The van der Waals surface area contributed by atoms with Crippen LogP contribution in [0.5, 0.6) is 0 Å². The van der Waals surface area contributed by atoms with Gasteiger partial charge >= 0.3 is 0 Å². The van der Waals surface area contributed by atoms with E-state index in [4.69, 9.17) is 0 Å². The smallest absolute Gasteiger partial charge is 0.158 e. The second-order valence-electron chi connectivity index (χ2n) is 4.41. The van der Waals surface area contributed by atoms with Crippen LogP contribution in [-0.4, -0.2) is 26.8 Å². The molecule has 1 fully saturated rings. The summed E-state index contributed by atoms with van der Waals surface area (Å²) in [6, 6.07) is 5.79. The van der Waals surface area contributed by atoms with Crippen molar-refractivity contribution in [2.75, 3.05) is 13.1 Å². The lowest BCUT2D eigenvalue weighted by molar-refractivity contribution is 0.496. The molecule has 1 aromatic carbocycles. The highest BCUT2D eigenvalue weighted by Gasteiger charge is 2.27. The summed E-state index contributed by atoms with van der Waals surface area (Å²) in [7, 11) is -3.18. The molecular formula is C12H16FNO2S. The third-order valence-electron chi connectivity index (χ3n) is 3.02. The van der Waals surface area contributed by atoms with Crippen LogP contribution in [0.4, 0.5) is 4.39 Å². The summed E-state index contributed by atoms with van der Waals surface area (Å²) in [5.41, 5.74) is 0.524. The number of sulfone groups is 1. The summed E-state index contributed by atoms with van der Waals surface area (Å²) >= 11 is 0. The summed E-state index contributed by atoms with van der Waals surface area (Å²) in [6.45, 7) is 1.39. The molecule has 2 rings (SSSR count). The van der Waals surface area contributed by atoms with Crippen molar-refractivity contribution >= 4 is 9.84 Å². The summed E-state index contributed by atoms with van der Waals surface area (Å²) in [6.07, 6.45) is 1.58. The van der Waals surface area contributed by atoms with Gasteiger partial charge in [0.1, 0.15) is 5.82 Å². The second-order valence-corrected chi connectivity index (χ2v) is 6.69. The first-order valence-corrected chi connectivity index (χ1v) is 7.46. The van der Waals surface area contributed by atoms with Gasteiger partial charge < -0.3 is 5.32 Å². The number of rotatable bonds is 3. The fourth-order valence-corrected chi connectivity index (χ4v) is 3.88. The van der Waals surface area contributed by atoms with Crippen molar-refractivity contribution in [2.24, 2.45) is 0 Å². The largest absolute Gasteiger partial charge is 0.315 e. The van der Waals surface area contributed by atoms with Crippen molar-refractivity contribution < 1.29 is 12.8 Å². The molecule has 0 saturated carbocycles. The van der Waals surface area contributed by atoms with E-state index in [1.165, 1.54) is 12.1 Å². The van der Waals surface area contributed by atoms with Gasteiger partial charge in [0.25, 0.3) is 0 Å². The predicted molar refractivity (Wildman–Crippen MR) is 64.9 cm³/mol. The molecule has 0 aliphatic carbocycles. The lowest BCUT2D eigenvalue weighted by atomic mass is 10.2. The average Bonchev–Trinajstić information content (AvgIpc) is 2.29. The van der Waals surface area contributed by atoms with E-state index in [1.54, 1.807) is 12.1 Å². The summed E-state index contributed by atoms with van der Waals surface area (Å²) in [5, 5.41) is 2.75. The molecule has 0 aromatic heterocycles. The molecule has 1 saturated heterocycles. The van der Waals surface area contributed by atoms with Gasteiger partial charge in [-0.25, -0.2) is 12.8 Å². The number of nitrogens with one attached hydrogen (secondary N) is 1. The Labute approximate surface area is 101 Å². The van der Waals surface area contributed by atoms with E-state index in [-0.39, 0.29) is 16.8 Å². The zero-order valence-corrected chi connectivity index (χ0v) is 10.3. The maximum Gasteiger partial charge on any atom is 0.158 e. The van der Waals surface area contributed by atoms with Crippen molar-refractivity contribution in [1.82, 2.24) is 5.32 Å². The number of hydrogen-bond donors (Lipinski definition) is 1. The maximum absolute atomic E-state index is 13.0. The summed E-state index contributed by atoms with van der Waals surface area (Å²) in [4.78, 5) is 0. The molecule has 0 bridgehead atoms. The zero-order chi connectivity index (χ0) is 12.3. The topological polar surface area (TPSA) is 46.2 Å². The highest BCUT2D eigenvalue weighted by atomic mass is 32.2. The van der Waals surface area contributed by atoms with Crippen LogP contribution in [0.25, 0.3) is 0 Å². The average molecular weight is 257 g/mol. The molecule has 5 heteroatoms. The van der Waals surface area contributed by atoms with E-state index in [1.807, 2.05) is 0 Å². The monoisotopic (exact) mass is 257 g/mol. The number of benzene rings is 1. The molecule has 3 nitrogen and oxygen atoms in total. The third kappa shape index (κ3) is 3.26. The standard InChI is InChI=1S/C12H16FNO2S/c13-11-4-1-3-10(7-11)9-17(15,16)12-5-2-6-14-8-12/h1,3-4,7,12,14H,2,5-6,8-9H2. The first-order chi connectivity index (χ1) is 8.08. The quantitative estimate of drug-likeness (QED) is 0.892.